The predicted molar refractivity (Wildman–Crippen MR) is 126 cm³/mol. The monoisotopic (exact) mass is 471 g/mol. The van der Waals surface area contributed by atoms with Gasteiger partial charge in [0.05, 0.1) is 12.6 Å². The Hall–Kier alpha value is -1.57. The van der Waals surface area contributed by atoms with Gasteiger partial charge in [-0.05, 0) is 29.8 Å². The molecule has 2 aliphatic heterocycles. The van der Waals surface area contributed by atoms with Gasteiger partial charge in [-0.2, -0.15) is 0 Å². The molecule has 1 atom stereocenters. The molecule has 1 N–H and O–H groups in total. The van der Waals surface area contributed by atoms with Gasteiger partial charge in [0.1, 0.15) is 5.82 Å². The van der Waals surface area contributed by atoms with Crippen molar-refractivity contribution in [2.24, 2.45) is 0 Å². The number of hydrogen-bond acceptors (Lipinski definition) is 5. The van der Waals surface area contributed by atoms with Crippen LogP contribution in [0.3, 0.4) is 0 Å². The molecular weight excluding hydrogens is 445 g/mol. The fraction of sp³-hybridized carbons (Fsp3) is 0.429. The Morgan fingerprint density at radius 1 is 1.07 bits per heavy atom. The molecule has 0 radical (unpaired) electrons. The van der Waals surface area contributed by atoms with E-state index in [0.29, 0.717) is 11.6 Å². The van der Waals surface area contributed by atoms with Crippen LogP contribution in [0, 0.1) is 0 Å². The number of nitrogens with zero attached hydrogens (tertiary/aromatic N) is 4. The lowest BCUT2D eigenvalue weighted by Crippen LogP contribution is -2.54. The van der Waals surface area contributed by atoms with E-state index in [1.54, 1.807) is 0 Å². The maximum atomic E-state index is 13.1. The summed E-state index contributed by atoms with van der Waals surface area (Å²) < 4.78 is 0. The molecule has 1 aromatic heterocycles. The van der Waals surface area contributed by atoms with Crippen LogP contribution in [0.4, 0.5) is 5.82 Å². The third-order valence-electron chi connectivity index (χ3n) is 5.50. The number of carbonyl (C=O) groups excluding carboxylic acids is 1. The van der Waals surface area contributed by atoms with E-state index in [2.05, 4.69) is 26.2 Å². The Labute approximate surface area is 195 Å². The average Bonchev–Trinajstić information content (AvgIpc) is 2.75. The number of benzene rings is 1. The zero-order valence-electron chi connectivity index (χ0n) is 16.7. The van der Waals surface area contributed by atoms with E-state index in [4.69, 9.17) is 11.6 Å². The van der Waals surface area contributed by atoms with E-state index in [1.165, 1.54) is 0 Å². The Bertz CT molecular complexity index is 802. The molecule has 2 aliphatic rings. The zero-order valence-corrected chi connectivity index (χ0v) is 19.1. The van der Waals surface area contributed by atoms with E-state index < -0.39 is 0 Å². The lowest BCUT2D eigenvalue weighted by molar-refractivity contribution is -0.135. The number of nitrogens with one attached hydrogen (secondary N) is 1. The summed E-state index contributed by atoms with van der Waals surface area (Å²) in [5.74, 6) is 1.20. The number of carbonyl (C=O) groups is 1. The second kappa shape index (κ2) is 11.7. The first-order chi connectivity index (χ1) is 13.7. The van der Waals surface area contributed by atoms with Crippen LogP contribution in [0.1, 0.15) is 11.6 Å². The largest absolute Gasteiger partial charge is 0.354 e. The summed E-state index contributed by atoms with van der Waals surface area (Å²) in [7, 11) is 0. The Balaban J connectivity index is 0.00000160. The molecule has 3 heterocycles. The lowest BCUT2D eigenvalue weighted by Gasteiger charge is -2.39. The fourth-order valence-corrected chi connectivity index (χ4v) is 4.17. The first kappa shape index (κ1) is 24.7. The minimum atomic E-state index is 0. The van der Waals surface area contributed by atoms with Gasteiger partial charge in [-0.1, -0.05) is 29.8 Å². The van der Waals surface area contributed by atoms with Gasteiger partial charge >= 0.3 is 0 Å². The van der Waals surface area contributed by atoms with Crippen molar-refractivity contribution < 1.29 is 4.79 Å². The maximum absolute atomic E-state index is 13.1. The van der Waals surface area contributed by atoms with E-state index in [-0.39, 0.29) is 36.8 Å². The third kappa shape index (κ3) is 5.99. The van der Waals surface area contributed by atoms with Gasteiger partial charge in [-0.25, -0.2) is 4.98 Å². The molecule has 9 heteroatoms. The zero-order chi connectivity index (χ0) is 19.3. The molecule has 164 valence electrons. The van der Waals surface area contributed by atoms with E-state index in [1.807, 2.05) is 47.5 Å². The second-order valence-electron chi connectivity index (χ2n) is 7.31. The van der Waals surface area contributed by atoms with Gasteiger partial charge in [0.15, 0.2) is 0 Å². The van der Waals surface area contributed by atoms with Crippen molar-refractivity contribution in [3.05, 3.63) is 59.2 Å². The van der Waals surface area contributed by atoms with Gasteiger partial charge in [-0.3, -0.25) is 9.69 Å². The summed E-state index contributed by atoms with van der Waals surface area (Å²) in [6, 6.07) is 13.9. The maximum Gasteiger partial charge on any atom is 0.237 e. The van der Waals surface area contributed by atoms with Crippen molar-refractivity contribution in [3.8, 4) is 0 Å². The number of anilines is 1. The molecule has 6 nitrogen and oxygen atoms in total. The highest BCUT2D eigenvalue weighted by Crippen LogP contribution is 2.25. The third-order valence-corrected chi connectivity index (χ3v) is 5.74. The molecule has 2 fully saturated rings. The predicted octanol–water partition coefficient (Wildman–Crippen LogP) is 2.87. The van der Waals surface area contributed by atoms with Crippen molar-refractivity contribution in [3.63, 3.8) is 0 Å². The molecule has 0 aliphatic carbocycles. The minimum absolute atomic E-state index is 0. The van der Waals surface area contributed by atoms with Crippen LogP contribution >= 0.6 is 36.4 Å². The average molecular weight is 473 g/mol. The molecule has 1 aromatic carbocycles. The summed E-state index contributed by atoms with van der Waals surface area (Å²) in [5, 5.41) is 4.11. The highest BCUT2D eigenvalue weighted by molar-refractivity contribution is 6.30. The normalized spacial score (nSPS) is 19.6. The summed E-state index contributed by atoms with van der Waals surface area (Å²) in [4.78, 5) is 24.0. The van der Waals surface area contributed by atoms with Gasteiger partial charge < -0.3 is 15.1 Å². The molecule has 0 saturated carbocycles. The molecule has 2 saturated heterocycles. The summed E-state index contributed by atoms with van der Waals surface area (Å²) in [6.45, 7) is 6.31. The lowest BCUT2D eigenvalue weighted by atomic mass is 10.0. The first-order valence-corrected chi connectivity index (χ1v) is 10.2. The molecular formula is C21H28Cl3N5O. The summed E-state index contributed by atoms with van der Waals surface area (Å²) in [5.41, 5.74) is 1.09. The van der Waals surface area contributed by atoms with Crippen molar-refractivity contribution in [1.29, 1.82) is 0 Å². The van der Waals surface area contributed by atoms with Crippen LogP contribution in [0.2, 0.25) is 5.02 Å². The van der Waals surface area contributed by atoms with Crippen LogP contribution in [0.5, 0.6) is 0 Å². The van der Waals surface area contributed by atoms with Crippen LogP contribution in [-0.4, -0.2) is 73.0 Å². The van der Waals surface area contributed by atoms with Crippen molar-refractivity contribution in [2.75, 3.05) is 57.3 Å². The second-order valence-corrected chi connectivity index (χ2v) is 7.75. The highest BCUT2D eigenvalue weighted by Gasteiger charge is 2.29. The summed E-state index contributed by atoms with van der Waals surface area (Å²) >= 11 is 6.17. The standard InChI is InChI=1S/C21H26ClN5O.2ClH/c22-18-5-3-4-17(14-18)19-15-23-8-9-27(19)21(28)16-25-10-12-26(13-11-25)20-6-1-2-7-24-20;;/h1-7,14,19,23H,8-13,15-16H2;2*1H. The number of aromatic nitrogens is 1. The van der Waals surface area contributed by atoms with Crippen molar-refractivity contribution in [1.82, 2.24) is 20.1 Å². The Kier molecular flexibility index (Phi) is 9.65. The smallest absolute Gasteiger partial charge is 0.237 e. The van der Waals surface area contributed by atoms with Gasteiger partial charge in [0, 0.05) is 57.0 Å². The first-order valence-electron chi connectivity index (χ1n) is 9.85. The van der Waals surface area contributed by atoms with Crippen LogP contribution in [-0.2, 0) is 4.79 Å². The Morgan fingerprint density at radius 2 is 1.87 bits per heavy atom. The molecule has 30 heavy (non-hydrogen) atoms. The number of rotatable bonds is 4. The molecule has 1 amide bonds. The quantitative estimate of drug-likeness (QED) is 0.741. The van der Waals surface area contributed by atoms with Crippen LogP contribution in [0.25, 0.3) is 0 Å². The molecule has 0 bridgehead atoms. The molecule has 4 rings (SSSR count). The van der Waals surface area contributed by atoms with E-state index in [9.17, 15) is 4.79 Å². The SMILES string of the molecule is Cl.Cl.O=C(CN1CCN(c2ccccn2)CC1)N1CCNCC1c1cccc(Cl)c1. The van der Waals surface area contributed by atoms with E-state index in [0.717, 1.165) is 57.2 Å². The van der Waals surface area contributed by atoms with Gasteiger partial charge in [-0.15, -0.1) is 24.8 Å². The van der Waals surface area contributed by atoms with Crippen LogP contribution < -0.4 is 10.2 Å². The van der Waals surface area contributed by atoms with Gasteiger partial charge in [0.25, 0.3) is 0 Å². The number of halogens is 3. The minimum Gasteiger partial charge on any atom is -0.354 e. The number of pyridine rings is 1. The molecule has 0 spiro atoms. The highest BCUT2D eigenvalue weighted by atomic mass is 35.5. The molecule has 2 aromatic rings. The number of piperazine rings is 2. The van der Waals surface area contributed by atoms with Gasteiger partial charge in [0.2, 0.25) is 5.91 Å². The number of hydrogen-bond donors (Lipinski definition) is 1. The fourth-order valence-electron chi connectivity index (χ4n) is 3.97. The van der Waals surface area contributed by atoms with Crippen LogP contribution in [0.15, 0.2) is 48.7 Å². The number of amides is 1. The molecule has 1 unspecified atom stereocenters. The topological polar surface area (TPSA) is 51.7 Å². The summed E-state index contributed by atoms with van der Waals surface area (Å²) in [6.07, 6.45) is 1.83. The van der Waals surface area contributed by atoms with E-state index >= 15 is 0 Å². The Morgan fingerprint density at radius 3 is 2.57 bits per heavy atom. The van der Waals surface area contributed by atoms with Crippen molar-refractivity contribution in [2.45, 2.75) is 6.04 Å². The van der Waals surface area contributed by atoms with Crippen molar-refractivity contribution >= 4 is 48.1 Å².